The summed E-state index contributed by atoms with van der Waals surface area (Å²) in [6.45, 7) is 3.62. The van der Waals surface area contributed by atoms with Crippen molar-refractivity contribution in [3.05, 3.63) is 62.2 Å². The van der Waals surface area contributed by atoms with E-state index in [0.717, 1.165) is 18.4 Å². The molecule has 2 amide bonds. The van der Waals surface area contributed by atoms with Crippen molar-refractivity contribution in [3.63, 3.8) is 0 Å². The largest absolute Gasteiger partial charge is 0.435 e. The van der Waals surface area contributed by atoms with Crippen molar-refractivity contribution in [2.75, 3.05) is 16.9 Å². The average Bonchev–Trinajstić information content (AvgIpc) is 2.70. The van der Waals surface area contributed by atoms with Crippen molar-refractivity contribution in [3.8, 4) is 0 Å². The number of carbonyl (C=O) groups is 2. The van der Waals surface area contributed by atoms with E-state index in [0.29, 0.717) is 4.90 Å². The highest BCUT2D eigenvalue weighted by atomic mass is 127. The molecule has 0 saturated carbocycles. The first kappa shape index (κ1) is 31.8. The third-order valence-electron chi connectivity index (χ3n) is 5.54. The SMILES string of the molecule is Cc1ccc(C(F)(C(F)(F)F)C(F)(F)F)cc1N(C(=O)c1cccc(I)c1C(N)=O)C(C)(C)CS(C)(=O)=O. The smallest absolute Gasteiger partial charge is 0.366 e. The van der Waals surface area contributed by atoms with E-state index in [2.05, 4.69) is 0 Å². The number of benzene rings is 2. The second kappa shape index (κ2) is 10.3. The lowest BCUT2D eigenvalue weighted by Gasteiger charge is -2.40. The van der Waals surface area contributed by atoms with Gasteiger partial charge in [-0.15, -0.1) is 0 Å². The van der Waals surface area contributed by atoms with E-state index < -0.39 is 67.8 Å². The molecule has 0 spiro atoms. The van der Waals surface area contributed by atoms with Crippen LogP contribution in [0, 0.1) is 10.5 Å². The number of amides is 2. The van der Waals surface area contributed by atoms with E-state index in [1.54, 1.807) is 22.6 Å². The standard InChI is InChI=1S/C23H22F7IN2O4S/c1-12-8-9-13(21(24,22(25,26)27)23(28,29)30)10-16(12)33(20(2,3)11-38(4,36)37)19(35)14-6-5-7-15(31)17(14)18(32)34/h5-10H,11H2,1-4H3,(H2,32,34). The monoisotopic (exact) mass is 682 g/mol. The van der Waals surface area contributed by atoms with Crippen LogP contribution in [0.2, 0.25) is 0 Å². The molecule has 0 bridgehead atoms. The molecule has 0 radical (unpaired) electrons. The van der Waals surface area contributed by atoms with Gasteiger partial charge in [-0.1, -0.05) is 18.2 Å². The predicted octanol–water partition coefficient (Wildman–Crippen LogP) is 5.46. The molecule has 210 valence electrons. The van der Waals surface area contributed by atoms with Crippen LogP contribution in [0.5, 0.6) is 0 Å². The lowest BCUT2D eigenvalue weighted by Crippen LogP contribution is -2.53. The van der Waals surface area contributed by atoms with E-state index >= 15 is 0 Å². The fourth-order valence-electron chi connectivity index (χ4n) is 4.04. The molecule has 15 heteroatoms. The highest BCUT2D eigenvalue weighted by Gasteiger charge is 2.73. The van der Waals surface area contributed by atoms with Crippen LogP contribution < -0.4 is 10.6 Å². The summed E-state index contributed by atoms with van der Waals surface area (Å²) in [6.07, 6.45) is -12.0. The van der Waals surface area contributed by atoms with Gasteiger partial charge in [0.2, 0.25) is 0 Å². The number of carbonyl (C=O) groups excluding carboxylic acids is 2. The van der Waals surface area contributed by atoms with Gasteiger partial charge in [-0.25, -0.2) is 12.8 Å². The van der Waals surface area contributed by atoms with Gasteiger partial charge in [-0.05, 0) is 67.1 Å². The molecule has 2 N–H and O–H groups in total. The molecule has 0 atom stereocenters. The number of hydrogen-bond donors (Lipinski definition) is 1. The maximum absolute atomic E-state index is 14.9. The Morgan fingerprint density at radius 3 is 1.95 bits per heavy atom. The highest BCUT2D eigenvalue weighted by Crippen LogP contribution is 2.54. The first-order valence-electron chi connectivity index (χ1n) is 10.5. The molecule has 0 unspecified atom stereocenters. The summed E-state index contributed by atoms with van der Waals surface area (Å²) in [5, 5.41) is 0. The van der Waals surface area contributed by atoms with Crippen LogP contribution in [-0.2, 0) is 15.5 Å². The molecule has 0 aromatic heterocycles. The zero-order valence-electron chi connectivity index (χ0n) is 20.3. The summed E-state index contributed by atoms with van der Waals surface area (Å²) in [4.78, 5) is 26.6. The zero-order valence-corrected chi connectivity index (χ0v) is 23.2. The molecule has 2 rings (SSSR count). The molecule has 38 heavy (non-hydrogen) atoms. The minimum absolute atomic E-state index is 0.0818. The van der Waals surface area contributed by atoms with Gasteiger partial charge in [-0.2, -0.15) is 26.3 Å². The number of halogens is 8. The van der Waals surface area contributed by atoms with E-state index in [4.69, 9.17) is 5.73 Å². The fraction of sp³-hybridized carbons (Fsp3) is 0.391. The molecular weight excluding hydrogens is 660 g/mol. The van der Waals surface area contributed by atoms with Gasteiger partial charge >= 0.3 is 18.0 Å². The number of sulfone groups is 1. The summed E-state index contributed by atoms with van der Waals surface area (Å²) < 4.78 is 120. The van der Waals surface area contributed by atoms with Gasteiger partial charge in [0.05, 0.1) is 22.4 Å². The zero-order chi connectivity index (χ0) is 29.6. The van der Waals surface area contributed by atoms with Crippen molar-refractivity contribution < 1.29 is 48.7 Å². The van der Waals surface area contributed by atoms with Crippen molar-refractivity contribution in [2.45, 2.75) is 44.3 Å². The van der Waals surface area contributed by atoms with E-state index in [1.165, 1.54) is 32.9 Å². The van der Waals surface area contributed by atoms with Gasteiger partial charge < -0.3 is 10.6 Å². The van der Waals surface area contributed by atoms with Crippen molar-refractivity contribution in [2.24, 2.45) is 5.73 Å². The summed E-state index contributed by atoms with van der Waals surface area (Å²) in [5.74, 6) is -3.03. The molecule has 2 aromatic rings. The second-order valence-electron chi connectivity index (χ2n) is 9.20. The molecule has 0 fully saturated rings. The summed E-state index contributed by atoms with van der Waals surface area (Å²) in [5.41, 5.74) is -5.52. The van der Waals surface area contributed by atoms with Crippen LogP contribution in [-0.4, -0.2) is 50.1 Å². The number of anilines is 1. The van der Waals surface area contributed by atoms with Crippen molar-refractivity contribution in [1.29, 1.82) is 0 Å². The number of rotatable bonds is 7. The Balaban J connectivity index is 2.99. The van der Waals surface area contributed by atoms with E-state index in [-0.39, 0.29) is 26.8 Å². The molecule has 0 aliphatic carbocycles. The topological polar surface area (TPSA) is 97.5 Å². The predicted molar refractivity (Wildman–Crippen MR) is 134 cm³/mol. The molecule has 2 aromatic carbocycles. The number of nitrogens with two attached hydrogens (primary N) is 1. The quantitative estimate of drug-likeness (QED) is 0.310. The second-order valence-corrected chi connectivity index (χ2v) is 12.5. The normalized spacial score (nSPS) is 13.4. The summed E-state index contributed by atoms with van der Waals surface area (Å²) in [6, 6.07) is 5.13. The van der Waals surface area contributed by atoms with Crippen LogP contribution in [0.25, 0.3) is 0 Å². The van der Waals surface area contributed by atoms with E-state index in [1.807, 2.05) is 0 Å². The number of hydrogen-bond acceptors (Lipinski definition) is 4. The lowest BCUT2D eigenvalue weighted by atomic mass is 9.91. The molecular formula is C23H22F7IN2O4S. The first-order valence-corrected chi connectivity index (χ1v) is 13.6. The Kier molecular flexibility index (Phi) is 8.60. The summed E-state index contributed by atoms with van der Waals surface area (Å²) in [7, 11) is -3.90. The van der Waals surface area contributed by atoms with Crippen molar-refractivity contribution in [1.82, 2.24) is 0 Å². The van der Waals surface area contributed by atoms with E-state index in [9.17, 15) is 48.7 Å². The highest BCUT2D eigenvalue weighted by molar-refractivity contribution is 14.1. The van der Waals surface area contributed by atoms with Crippen LogP contribution in [0.4, 0.5) is 36.4 Å². The van der Waals surface area contributed by atoms with Gasteiger partial charge in [0.15, 0.2) is 0 Å². The Morgan fingerprint density at radius 1 is 0.974 bits per heavy atom. The summed E-state index contributed by atoms with van der Waals surface area (Å²) >= 11 is 1.69. The van der Waals surface area contributed by atoms with Gasteiger partial charge in [-0.3, -0.25) is 9.59 Å². The Morgan fingerprint density at radius 2 is 1.50 bits per heavy atom. The first-order chi connectivity index (χ1) is 17.0. The average molecular weight is 682 g/mol. The number of aryl methyl sites for hydroxylation is 1. The van der Waals surface area contributed by atoms with Crippen LogP contribution in [0.3, 0.4) is 0 Å². The Bertz CT molecular complexity index is 1360. The van der Waals surface area contributed by atoms with Gasteiger partial charge in [0.1, 0.15) is 9.84 Å². The third kappa shape index (κ3) is 6.07. The fourth-order valence-corrected chi connectivity index (χ4v) is 6.22. The lowest BCUT2D eigenvalue weighted by molar-refractivity contribution is -0.348. The molecule has 0 saturated heterocycles. The van der Waals surface area contributed by atoms with Crippen molar-refractivity contribution >= 4 is 49.9 Å². The van der Waals surface area contributed by atoms with Gasteiger partial charge in [0.25, 0.3) is 11.8 Å². The Labute approximate surface area is 227 Å². The number of alkyl halides is 7. The maximum atomic E-state index is 14.9. The third-order valence-corrected chi connectivity index (χ3v) is 7.67. The van der Waals surface area contributed by atoms with Crippen LogP contribution >= 0.6 is 22.6 Å². The minimum Gasteiger partial charge on any atom is -0.366 e. The maximum Gasteiger partial charge on any atom is 0.435 e. The van der Waals surface area contributed by atoms with Crippen LogP contribution in [0.15, 0.2) is 36.4 Å². The molecule has 0 heterocycles. The number of nitrogens with zero attached hydrogens (tertiary/aromatic N) is 1. The molecule has 6 nitrogen and oxygen atoms in total. The number of primary amides is 1. The minimum atomic E-state index is -6.43. The Hall–Kier alpha value is -2.43. The molecule has 0 aliphatic heterocycles. The van der Waals surface area contributed by atoms with Crippen LogP contribution in [0.1, 0.15) is 45.7 Å². The molecule has 0 aliphatic rings. The van der Waals surface area contributed by atoms with Gasteiger partial charge in [0, 0.05) is 21.1 Å².